The summed E-state index contributed by atoms with van der Waals surface area (Å²) in [7, 11) is 1.73. The molecule has 1 atom stereocenters. The van der Waals surface area contributed by atoms with Gasteiger partial charge in [0.05, 0.1) is 0 Å². The molecule has 0 bridgehead atoms. The van der Waals surface area contributed by atoms with Gasteiger partial charge >= 0.3 is 0 Å². The summed E-state index contributed by atoms with van der Waals surface area (Å²) in [5.74, 6) is 0.179. The smallest absolute Gasteiger partial charge is 0.259 e. The Morgan fingerprint density at radius 2 is 1.68 bits per heavy atom. The molecule has 6 heteroatoms. The minimum absolute atomic E-state index is 0.0176. The molecule has 1 unspecified atom stereocenters. The molecule has 0 radical (unpaired) electrons. The van der Waals surface area contributed by atoms with Crippen LogP contribution in [0.1, 0.15) is 31.2 Å². The molecular formula is C19H28N4O2. The van der Waals surface area contributed by atoms with Crippen LogP contribution in [0.4, 0.5) is 0 Å². The highest BCUT2D eigenvalue weighted by Gasteiger charge is 2.48. The van der Waals surface area contributed by atoms with Crippen LogP contribution in [-0.2, 0) is 10.4 Å². The number of nitrogens with one attached hydrogen (secondary N) is 2. The van der Waals surface area contributed by atoms with E-state index in [0.29, 0.717) is 37.7 Å². The van der Waals surface area contributed by atoms with Crippen molar-refractivity contribution >= 4 is 11.9 Å². The van der Waals surface area contributed by atoms with Gasteiger partial charge in [0.25, 0.3) is 5.91 Å². The Hall–Kier alpha value is -2.08. The molecule has 0 spiro atoms. The maximum absolute atomic E-state index is 13.3. The monoisotopic (exact) mass is 344 g/mol. The molecule has 6 nitrogen and oxygen atoms in total. The zero-order valence-corrected chi connectivity index (χ0v) is 14.9. The number of amides is 1. The molecule has 1 heterocycles. The Bertz CT molecular complexity index is 607. The van der Waals surface area contributed by atoms with Crippen molar-refractivity contribution < 1.29 is 9.90 Å². The maximum atomic E-state index is 13.3. The number of hydrogen-bond acceptors (Lipinski definition) is 3. The van der Waals surface area contributed by atoms with Crippen molar-refractivity contribution in [3.63, 3.8) is 0 Å². The fourth-order valence-corrected chi connectivity index (χ4v) is 4.10. The Kier molecular flexibility index (Phi) is 5.27. The SMILES string of the molecule is CNC(=N)N1CCN(C(=O)C(O)(c2ccccc2)C2CCCC2)CC1. The highest BCUT2D eigenvalue weighted by Crippen LogP contribution is 2.42. The zero-order valence-electron chi connectivity index (χ0n) is 14.9. The van der Waals surface area contributed by atoms with E-state index in [0.717, 1.165) is 25.7 Å². The van der Waals surface area contributed by atoms with Gasteiger partial charge in [-0.3, -0.25) is 10.2 Å². The van der Waals surface area contributed by atoms with Crippen molar-refractivity contribution in [3.05, 3.63) is 35.9 Å². The predicted octanol–water partition coefficient (Wildman–Crippen LogP) is 1.36. The van der Waals surface area contributed by atoms with Crippen molar-refractivity contribution in [1.29, 1.82) is 5.41 Å². The van der Waals surface area contributed by atoms with Gasteiger partial charge in [-0.2, -0.15) is 0 Å². The Morgan fingerprint density at radius 3 is 2.24 bits per heavy atom. The Balaban J connectivity index is 1.80. The number of carbonyl (C=O) groups excluding carboxylic acids is 1. The molecule has 1 saturated heterocycles. The summed E-state index contributed by atoms with van der Waals surface area (Å²) >= 11 is 0. The first-order chi connectivity index (χ1) is 12.1. The maximum Gasteiger partial charge on any atom is 0.259 e. The van der Waals surface area contributed by atoms with Gasteiger partial charge in [0.1, 0.15) is 0 Å². The van der Waals surface area contributed by atoms with Crippen molar-refractivity contribution in [2.45, 2.75) is 31.3 Å². The number of benzene rings is 1. The number of nitrogens with zero attached hydrogens (tertiary/aromatic N) is 2. The molecule has 1 amide bonds. The first kappa shape index (κ1) is 17.7. The third-order valence-corrected chi connectivity index (χ3v) is 5.61. The van der Waals surface area contributed by atoms with Gasteiger partial charge in [0.2, 0.25) is 0 Å². The largest absolute Gasteiger partial charge is 0.375 e. The van der Waals surface area contributed by atoms with E-state index in [-0.39, 0.29) is 11.8 Å². The third kappa shape index (κ3) is 3.35. The quantitative estimate of drug-likeness (QED) is 0.571. The second-order valence-electron chi connectivity index (χ2n) is 6.99. The van der Waals surface area contributed by atoms with Crippen LogP contribution in [0.3, 0.4) is 0 Å². The van der Waals surface area contributed by atoms with E-state index >= 15 is 0 Å². The molecule has 1 saturated carbocycles. The van der Waals surface area contributed by atoms with Crippen LogP contribution in [0.25, 0.3) is 0 Å². The van der Waals surface area contributed by atoms with Crippen LogP contribution in [0.15, 0.2) is 30.3 Å². The number of guanidine groups is 1. The Morgan fingerprint density at radius 1 is 1.12 bits per heavy atom. The minimum atomic E-state index is -1.43. The van der Waals surface area contributed by atoms with Crippen LogP contribution in [0.5, 0.6) is 0 Å². The molecule has 2 aliphatic rings. The lowest BCUT2D eigenvalue weighted by Gasteiger charge is -2.41. The lowest BCUT2D eigenvalue weighted by molar-refractivity contribution is -0.160. The van der Waals surface area contributed by atoms with Crippen molar-refractivity contribution in [1.82, 2.24) is 15.1 Å². The standard InChI is InChI=1S/C19H28N4O2/c1-21-18(20)23-13-11-22(12-14-23)17(24)19(25,16-9-5-6-10-16)15-7-3-2-4-8-15/h2-4,7-8,16,25H,5-6,9-14H2,1H3,(H2,20,21). The van der Waals surface area contributed by atoms with Crippen molar-refractivity contribution in [2.24, 2.45) is 5.92 Å². The first-order valence-electron chi connectivity index (χ1n) is 9.16. The number of piperazine rings is 1. The predicted molar refractivity (Wildman–Crippen MR) is 97.2 cm³/mol. The van der Waals surface area contributed by atoms with Crippen LogP contribution in [0.2, 0.25) is 0 Å². The summed E-state index contributed by atoms with van der Waals surface area (Å²) in [6, 6.07) is 9.40. The summed E-state index contributed by atoms with van der Waals surface area (Å²) in [4.78, 5) is 17.0. The molecule has 1 aliphatic heterocycles. The lowest BCUT2D eigenvalue weighted by atomic mass is 9.79. The van der Waals surface area contributed by atoms with Crippen LogP contribution < -0.4 is 5.32 Å². The van der Waals surface area contributed by atoms with Gasteiger partial charge in [-0.1, -0.05) is 43.2 Å². The molecule has 0 aromatic heterocycles. The number of rotatable bonds is 3. The highest BCUT2D eigenvalue weighted by atomic mass is 16.3. The van der Waals surface area contributed by atoms with Crippen LogP contribution in [0, 0.1) is 11.3 Å². The zero-order chi connectivity index (χ0) is 17.9. The summed E-state index contributed by atoms with van der Waals surface area (Å²) in [6.45, 7) is 2.29. The van der Waals surface area contributed by atoms with E-state index in [1.54, 1.807) is 11.9 Å². The van der Waals surface area contributed by atoms with E-state index in [4.69, 9.17) is 5.41 Å². The molecule has 2 fully saturated rings. The molecule has 1 aromatic rings. The van der Waals surface area contributed by atoms with Gasteiger partial charge in [-0.15, -0.1) is 0 Å². The lowest BCUT2D eigenvalue weighted by Crippen LogP contribution is -2.58. The van der Waals surface area contributed by atoms with Gasteiger partial charge in [-0.25, -0.2) is 0 Å². The summed E-state index contributed by atoms with van der Waals surface area (Å²) in [5, 5.41) is 22.3. The third-order valence-electron chi connectivity index (χ3n) is 5.61. The first-order valence-corrected chi connectivity index (χ1v) is 9.16. The van der Waals surface area contributed by atoms with E-state index in [1.807, 2.05) is 35.2 Å². The number of carbonyl (C=O) groups is 1. The van der Waals surface area contributed by atoms with E-state index < -0.39 is 5.60 Å². The average molecular weight is 344 g/mol. The van der Waals surface area contributed by atoms with E-state index in [9.17, 15) is 9.90 Å². The van der Waals surface area contributed by atoms with Crippen molar-refractivity contribution in [3.8, 4) is 0 Å². The second kappa shape index (κ2) is 7.44. The minimum Gasteiger partial charge on any atom is -0.375 e. The highest BCUT2D eigenvalue weighted by molar-refractivity contribution is 5.87. The van der Waals surface area contributed by atoms with Crippen LogP contribution >= 0.6 is 0 Å². The van der Waals surface area contributed by atoms with Crippen molar-refractivity contribution in [2.75, 3.05) is 33.2 Å². The molecular weight excluding hydrogens is 316 g/mol. The molecule has 1 aromatic carbocycles. The molecule has 136 valence electrons. The Labute approximate surface area is 149 Å². The summed E-state index contributed by atoms with van der Waals surface area (Å²) in [6.07, 6.45) is 3.92. The summed E-state index contributed by atoms with van der Waals surface area (Å²) < 4.78 is 0. The van der Waals surface area contributed by atoms with Crippen LogP contribution in [-0.4, -0.2) is 60.0 Å². The molecule has 25 heavy (non-hydrogen) atoms. The van der Waals surface area contributed by atoms with Gasteiger partial charge in [0.15, 0.2) is 11.6 Å². The molecule has 1 aliphatic carbocycles. The fraction of sp³-hybridized carbons (Fsp3) is 0.579. The fourth-order valence-electron chi connectivity index (χ4n) is 4.10. The van der Waals surface area contributed by atoms with Gasteiger partial charge in [-0.05, 0) is 18.4 Å². The second-order valence-corrected chi connectivity index (χ2v) is 6.99. The number of hydrogen-bond donors (Lipinski definition) is 3. The molecule has 3 N–H and O–H groups in total. The summed E-state index contributed by atoms with van der Waals surface area (Å²) in [5.41, 5.74) is -0.728. The normalized spacial score (nSPS) is 21.0. The average Bonchev–Trinajstić information content (AvgIpc) is 3.22. The van der Waals surface area contributed by atoms with Gasteiger partial charge in [0, 0.05) is 39.1 Å². The van der Waals surface area contributed by atoms with E-state index in [1.165, 1.54) is 0 Å². The topological polar surface area (TPSA) is 79.7 Å². The number of aliphatic hydroxyl groups is 1. The van der Waals surface area contributed by atoms with Gasteiger partial charge < -0.3 is 20.2 Å². The van der Waals surface area contributed by atoms with E-state index in [2.05, 4.69) is 5.32 Å². The molecule has 3 rings (SSSR count).